The zero-order chi connectivity index (χ0) is 15.5. The largest absolute Gasteiger partial charge is 0.495 e. The standard InChI is InChI=1S/C16H28N2O3/c1-5-17-13-14-6-7-15(16(12-14)21-4)18(8-10-19-2)9-11-20-3/h6-7,12,17H,5,8-11,13H2,1-4H3. The number of hydrogen-bond donors (Lipinski definition) is 1. The minimum Gasteiger partial charge on any atom is -0.495 e. The molecule has 0 amide bonds. The van der Waals surface area contributed by atoms with Crippen LogP contribution in [-0.4, -0.2) is 54.2 Å². The summed E-state index contributed by atoms with van der Waals surface area (Å²) in [5.74, 6) is 0.887. The van der Waals surface area contributed by atoms with Crippen molar-refractivity contribution in [1.82, 2.24) is 5.32 Å². The number of rotatable bonds is 11. The van der Waals surface area contributed by atoms with Gasteiger partial charge in [0.2, 0.25) is 0 Å². The average Bonchev–Trinajstić information content (AvgIpc) is 2.53. The van der Waals surface area contributed by atoms with Gasteiger partial charge in [-0.25, -0.2) is 0 Å². The maximum absolute atomic E-state index is 5.56. The molecule has 0 unspecified atom stereocenters. The van der Waals surface area contributed by atoms with Crippen LogP contribution in [0.4, 0.5) is 5.69 Å². The fourth-order valence-corrected chi connectivity index (χ4v) is 2.12. The highest BCUT2D eigenvalue weighted by molar-refractivity contribution is 5.60. The Kier molecular flexibility index (Phi) is 8.82. The van der Waals surface area contributed by atoms with Gasteiger partial charge in [0.05, 0.1) is 26.0 Å². The molecule has 0 heterocycles. The van der Waals surface area contributed by atoms with Crippen LogP contribution >= 0.6 is 0 Å². The van der Waals surface area contributed by atoms with Gasteiger partial charge in [0, 0.05) is 33.9 Å². The van der Waals surface area contributed by atoms with Gasteiger partial charge in [0.15, 0.2) is 0 Å². The molecule has 1 rings (SSSR count). The third kappa shape index (κ3) is 5.91. The van der Waals surface area contributed by atoms with Crippen molar-refractivity contribution in [2.75, 3.05) is 59.1 Å². The Morgan fingerprint density at radius 2 is 1.71 bits per heavy atom. The van der Waals surface area contributed by atoms with Crippen LogP contribution in [0.15, 0.2) is 18.2 Å². The molecule has 0 aromatic heterocycles. The number of methoxy groups -OCH3 is 3. The first-order valence-electron chi connectivity index (χ1n) is 7.37. The van der Waals surface area contributed by atoms with Crippen molar-refractivity contribution in [2.24, 2.45) is 0 Å². The predicted octanol–water partition coefficient (Wildman–Crippen LogP) is 1.90. The molecular weight excluding hydrogens is 268 g/mol. The number of nitrogens with one attached hydrogen (secondary N) is 1. The lowest BCUT2D eigenvalue weighted by molar-refractivity contribution is 0.190. The van der Waals surface area contributed by atoms with Crippen LogP contribution in [0.25, 0.3) is 0 Å². The molecular formula is C16H28N2O3. The van der Waals surface area contributed by atoms with E-state index in [-0.39, 0.29) is 0 Å². The van der Waals surface area contributed by atoms with Gasteiger partial charge >= 0.3 is 0 Å². The van der Waals surface area contributed by atoms with E-state index < -0.39 is 0 Å². The normalized spacial score (nSPS) is 10.7. The predicted molar refractivity (Wildman–Crippen MR) is 86.3 cm³/mol. The SMILES string of the molecule is CCNCc1ccc(N(CCOC)CCOC)c(OC)c1. The van der Waals surface area contributed by atoms with Gasteiger partial charge in [0.25, 0.3) is 0 Å². The topological polar surface area (TPSA) is 43.0 Å². The average molecular weight is 296 g/mol. The van der Waals surface area contributed by atoms with E-state index in [0.717, 1.165) is 37.6 Å². The van der Waals surface area contributed by atoms with Crippen molar-refractivity contribution in [3.05, 3.63) is 23.8 Å². The molecule has 0 aliphatic heterocycles. The maximum Gasteiger partial charge on any atom is 0.142 e. The molecule has 120 valence electrons. The molecule has 1 aromatic carbocycles. The summed E-state index contributed by atoms with van der Waals surface area (Å²) in [6.07, 6.45) is 0. The van der Waals surface area contributed by atoms with E-state index in [4.69, 9.17) is 14.2 Å². The number of benzene rings is 1. The molecule has 0 bridgehead atoms. The van der Waals surface area contributed by atoms with E-state index in [0.29, 0.717) is 13.2 Å². The second-order valence-electron chi connectivity index (χ2n) is 4.76. The van der Waals surface area contributed by atoms with E-state index in [9.17, 15) is 0 Å². The number of anilines is 1. The van der Waals surface area contributed by atoms with E-state index in [1.165, 1.54) is 5.56 Å². The van der Waals surface area contributed by atoms with Crippen LogP contribution in [0.1, 0.15) is 12.5 Å². The Morgan fingerprint density at radius 1 is 1.05 bits per heavy atom. The summed E-state index contributed by atoms with van der Waals surface area (Å²) < 4.78 is 15.9. The second kappa shape index (κ2) is 10.4. The van der Waals surface area contributed by atoms with Crippen molar-refractivity contribution in [3.8, 4) is 5.75 Å². The van der Waals surface area contributed by atoms with Gasteiger partial charge in [-0.05, 0) is 24.2 Å². The first-order valence-corrected chi connectivity index (χ1v) is 7.37. The fourth-order valence-electron chi connectivity index (χ4n) is 2.12. The lowest BCUT2D eigenvalue weighted by Crippen LogP contribution is -2.31. The van der Waals surface area contributed by atoms with Crippen molar-refractivity contribution < 1.29 is 14.2 Å². The maximum atomic E-state index is 5.56. The zero-order valence-corrected chi connectivity index (χ0v) is 13.6. The molecule has 0 aliphatic rings. The molecule has 0 aliphatic carbocycles. The summed E-state index contributed by atoms with van der Waals surface area (Å²) in [4.78, 5) is 2.23. The molecule has 0 spiro atoms. The summed E-state index contributed by atoms with van der Waals surface area (Å²) in [6, 6.07) is 6.33. The lowest BCUT2D eigenvalue weighted by atomic mass is 10.1. The highest BCUT2D eigenvalue weighted by Gasteiger charge is 2.12. The van der Waals surface area contributed by atoms with Crippen LogP contribution < -0.4 is 15.0 Å². The molecule has 5 heteroatoms. The molecule has 1 aromatic rings. The van der Waals surface area contributed by atoms with Crippen molar-refractivity contribution in [2.45, 2.75) is 13.5 Å². The fraction of sp³-hybridized carbons (Fsp3) is 0.625. The Bertz CT molecular complexity index is 391. The van der Waals surface area contributed by atoms with Gasteiger partial charge < -0.3 is 24.4 Å². The first kappa shape index (κ1) is 17.8. The minimum absolute atomic E-state index is 0.673. The summed E-state index contributed by atoms with van der Waals surface area (Å²) in [7, 11) is 5.14. The molecule has 0 saturated carbocycles. The van der Waals surface area contributed by atoms with E-state index in [2.05, 4.69) is 35.3 Å². The third-order valence-corrected chi connectivity index (χ3v) is 3.29. The number of ether oxygens (including phenoxy) is 3. The smallest absolute Gasteiger partial charge is 0.142 e. The van der Waals surface area contributed by atoms with Crippen LogP contribution in [0.5, 0.6) is 5.75 Å². The Labute approximate surface area is 128 Å². The van der Waals surface area contributed by atoms with Crippen LogP contribution in [-0.2, 0) is 16.0 Å². The summed E-state index contributed by atoms with van der Waals surface area (Å²) in [6.45, 7) is 6.87. The molecule has 0 fully saturated rings. The Morgan fingerprint density at radius 3 is 2.24 bits per heavy atom. The molecule has 0 atom stereocenters. The van der Waals surface area contributed by atoms with Crippen molar-refractivity contribution >= 4 is 5.69 Å². The monoisotopic (exact) mass is 296 g/mol. The summed E-state index contributed by atoms with van der Waals surface area (Å²) in [5, 5.41) is 3.32. The quantitative estimate of drug-likeness (QED) is 0.675. The third-order valence-electron chi connectivity index (χ3n) is 3.29. The molecule has 21 heavy (non-hydrogen) atoms. The highest BCUT2D eigenvalue weighted by Crippen LogP contribution is 2.29. The number of nitrogens with zero attached hydrogens (tertiary/aromatic N) is 1. The lowest BCUT2D eigenvalue weighted by Gasteiger charge is -2.26. The van der Waals surface area contributed by atoms with Gasteiger partial charge in [-0.1, -0.05) is 13.0 Å². The van der Waals surface area contributed by atoms with Gasteiger partial charge in [-0.2, -0.15) is 0 Å². The zero-order valence-electron chi connectivity index (χ0n) is 13.6. The van der Waals surface area contributed by atoms with E-state index in [1.807, 2.05) is 0 Å². The minimum atomic E-state index is 0.673. The van der Waals surface area contributed by atoms with Crippen molar-refractivity contribution in [1.29, 1.82) is 0 Å². The van der Waals surface area contributed by atoms with Gasteiger partial charge in [-0.15, -0.1) is 0 Å². The molecule has 0 saturated heterocycles. The van der Waals surface area contributed by atoms with E-state index in [1.54, 1.807) is 21.3 Å². The molecule has 5 nitrogen and oxygen atoms in total. The second-order valence-corrected chi connectivity index (χ2v) is 4.76. The first-order chi connectivity index (χ1) is 10.3. The number of hydrogen-bond acceptors (Lipinski definition) is 5. The molecule has 1 N–H and O–H groups in total. The van der Waals surface area contributed by atoms with Crippen LogP contribution in [0, 0.1) is 0 Å². The van der Waals surface area contributed by atoms with Crippen LogP contribution in [0.2, 0.25) is 0 Å². The molecule has 0 radical (unpaired) electrons. The Balaban J connectivity index is 2.88. The van der Waals surface area contributed by atoms with Gasteiger partial charge in [0.1, 0.15) is 5.75 Å². The Hall–Kier alpha value is -1.30. The highest BCUT2D eigenvalue weighted by atomic mass is 16.5. The van der Waals surface area contributed by atoms with Gasteiger partial charge in [-0.3, -0.25) is 0 Å². The summed E-state index contributed by atoms with van der Waals surface area (Å²) in [5.41, 5.74) is 2.29. The summed E-state index contributed by atoms with van der Waals surface area (Å²) >= 11 is 0. The van der Waals surface area contributed by atoms with E-state index >= 15 is 0 Å². The van der Waals surface area contributed by atoms with Crippen molar-refractivity contribution in [3.63, 3.8) is 0 Å². The van der Waals surface area contributed by atoms with Crippen LogP contribution in [0.3, 0.4) is 0 Å².